The molecule has 2 amide bonds. The number of fused-ring (bicyclic) bond motifs is 1. The number of aryl methyl sites for hydroxylation is 1. The van der Waals surface area contributed by atoms with Crippen molar-refractivity contribution in [3.8, 4) is 17.0 Å². The molecule has 4 rings (SSSR count). The summed E-state index contributed by atoms with van der Waals surface area (Å²) in [6.45, 7) is 9.35. The van der Waals surface area contributed by atoms with Crippen LogP contribution in [0.3, 0.4) is 0 Å². The molecular weight excluding hydrogens is 501 g/mol. The van der Waals surface area contributed by atoms with E-state index in [-0.39, 0.29) is 30.5 Å². The first-order valence-electron chi connectivity index (χ1n) is 13.4. The van der Waals surface area contributed by atoms with Crippen molar-refractivity contribution in [3.05, 3.63) is 83.7 Å². The van der Waals surface area contributed by atoms with Crippen LogP contribution in [0, 0.1) is 6.92 Å². The Morgan fingerprint density at radius 1 is 1.12 bits per heavy atom. The lowest BCUT2D eigenvalue weighted by Crippen LogP contribution is -2.53. The van der Waals surface area contributed by atoms with E-state index in [4.69, 9.17) is 18.3 Å². The Labute approximate surface area is 236 Å². The molecule has 4 aromatic rings. The van der Waals surface area contributed by atoms with Crippen LogP contribution in [-0.2, 0) is 11.2 Å². The predicted octanol–water partition coefficient (Wildman–Crippen LogP) is 3.09. The molecule has 0 saturated heterocycles. The lowest BCUT2D eigenvalue weighted by molar-refractivity contribution is -0.125. The maximum Gasteiger partial charge on any atom is 0.251 e. The average Bonchev–Trinajstić information content (AvgIpc) is 3.33. The Bertz CT molecular complexity index is 1510. The summed E-state index contributed by atoms with van der Waals surface area (Å²) in [6, 6.07) is 16.7. The summed E-state index contributed by atoms with van der Waals surface area (Å²) in [7, 11) is 6.06. The lowest BCUT2D eigenvalue weighted by Gasteiger charge is -2.23. The first-order valence-corrected chi connectivity index (χ1v) is 13.4. The molecule has 0 bridgehead atoms. The van der Waals surface area contributed by atoms with E-state index in [2.05, 4.69) is 15.6 Å². The first-order chi connectivity index (χ1) is 18.9. The maximum atomic E-state index is 13.2. The Morgan fingerprint density at radius 3 is 2.48 bits per heavy atom. The molecule has 1 atom stereocenters. The van der Waals surface area contributed by atoms with Gasteiger partial charge in [-0.2, -0.15) is 0 Å². The number of pyridine rings is 1. The second kappa shape index (κ2) is 12.0. The van der Waals surface area contributed by atoms with E-state index >= 15 is 0 Å². The zero-order chi connectivity index (χ0) is 29.0. The number of amides is 2. The van der Waals surface area contributed by atoms with Crippen molar-refractivity contribution in [3.63, 3.8) is 0 Å². The highest BCUT2D eigenvalue weighted by Crippen LogP contribution is 2.22. The van der Waals surface area contributed by atoms with Crippen LogP contribution in [-0.4, -0.2) is 53.3 Å². The standard InChI is InChI=1S/C31H36BN5O3/c1-19(2)40-27-13-12-23(15-20(27)3)29(38)35-24(17-34-30(39)31(4,5)33)16-21-8-10-22(11-9-21)26-18-37-14-6-7-25(32)28(37)36-26/h6-15,18-19,24H,16-17,33H2,1-5H3,(H,34,39)(H,35,38)/t24-/m0/s1. The van der Waals surface area contributed by atoms with Crippen LogP contribution in [0.1, 0.15) is 49.2 Å². The number of rotatable bonds is 10. The van der Waals surface area contributed by atoms with Crippen LogP contribution in [0.2, 0.25) is 0 Å². The summed E-state index contributed by atoms with van der Waals surface area (Å²) in [4.78, 5) is 30.3. The summed E-state index contributed by atoms with van der Waals surface area (Å²) in [5.74, 6) is 0.220. The number of imidazole rings is 1. The maximum absolute atomic E-state index is 13.2. The molecule has 0 saturated carbocycles. The third kappa shape index (κ3) is 7.10. The SMILES string of the molecule is [B]c1cccn2cc(-c3ccc(C[C@@H](CNC(=O)C(C)(C)N)NC(=O)c4ccc(OC(C)C)c(C)c4)cc3)nc12. The number of carbonyl (C=O) groups is 2. The number of hydrogen-bond donors (Lipinski definition) is 3. The van der Waals surface area contributed by atoms with Crippen molar-refractivity contribution >= 4 is 30.8 Å². The normalized spacial score (nSPS) is 12.4. The van der Waals surface area contributed by atoms with Crippen molar-refractivity contribution < 1.29 is 14.3 Å². The zero-order valence-electron chi connectivity index (χ0n) is 23.7. The quantitative estimate of drug-likeness (QED) is 0.270. The molecule has 2 aromatic heterocycles. The van der Waals surface area contributed by atoms with E-state index < -0.39 is 5.54 Å². The third-order valence-corrected chi connectivity index (χ3v) is 6.47. The van der Waals surface area contributed by atoms with Crippen LogP contribution in [0.25, 0.3) is 16.9 Å². The molecule has 2 heterocycles. The lowest BCUT2D eigenvalue weighted by atomic mass is 9.98. The minimum atomic E-state index is -1.03. The number of benzene rings is 2. The van der Waals surface area contributed by atoms with Gasteiger partial charge in [0.15, 0.2) is 0 Å². The van der Waals surface area contributed by atoms with Gasteiger partial charge in [0.05, 0.1) is 23.4 Å². The molecular formula is C31H36BN5O3. The second-order valence-corrected chi connectivity index (χ2v) is 11.0. The van der Waals surface area contributed by atoms with Crippen molar-refractivity contribution in [2.75, 3.05) is 6.54 Å². The number of hydrogen-bond acceptors (Lipinski definition) is 5. The van der Waals surface area contributed by atoms with Crippen LogP contribution in [0.15, 0.2) is 67.0 Å². The summed E-state index contributed by atoms with van der Waals surface area (Å²) in [5.41, 5.74) is 10.4. The van der Waals surface area contributed by atoms with Gasteiger partial charge in [0.2, 0.25) is 5.91 Å². The molecule has 0 aliphatic rings. The van der Waals surface area contributed by atoms with Gasteiger partial charge < -0.3 is 25.5 Å². The van der Waals surface area contributed by atoms with Gasteiger partial charge in [-0.15, -0.1) is 0 Å². The monoisotopic (exact) mass is 537 g/mol. The number of nitrogens with one attached hydrogen (secondary N) is 2. The van der Waals surface area contributed by atoms with Crippen LogP contribution in [0.4, 0.5) is 0 Å². The highest BCUT2D eigenvalue weighted by atomic mass is 16.5. The summed E-state index contributed by atoms with van der Waals surface area (Å²) < 4.78 is 7.70. The minimum Gasteiger partial charge on any atom is -0.491 e. The molecule has 2 aromatic carbocycles. The van der Waals surface area contributed by atoms with Crippen molar-refractivity contribution in [1.82, 2.24) is 20.0 Å². The van der Waals surface area contributed by atoms with E-state index in [0.29, 0.717) is 23.1 Å². The highest BCUT2D eigenvalue weighted by Gasteiger charge is 2.23. The van der Waals surface area contributed by atoms with Crippen molar-refractivity contribution in [1.29, 1.82) is 0 Å². The average molecular weight is 537 g/mol. The van der Waals surface area contributed by atoms with Crippen LogP contribution in [0.5, 0.6) is 5.75 Å². The second-order valence-electron chi connectivity index (χ2n) is 11.0. The van der Waals surface area contributed by atoms with Gasteiger partial charge >= 0.3 is 0 Å². The van der Waals surface area contributed by atoms with Gasteiger partial charge in [0.1, 0.15) is 19.2 Å². The fourth-order valence-electron chi connectivity index (χ4n) is 4.33. The highest BCUT2D eigenvalue weighted by molar-refractivity contribution is 6.36. The number of aromatic nitrogens is 2. The number of nitrogens with zero attached hydrogens (tertiary/aromatic N) is 2. The Balaban J connectivity index is 1.51. The molecule has 0 fully saturated rings. The fraction of sp³-hybridized carbons (Fsp3) is 0.323. The smallest absolute Gasteiger partial charge is 0.251 e. The molecule has 0 unspecified atom stereocenters. The van der Waals surface area contributed by atoms with Gasteiger partial charge in [-0.1, -0.05) is 35.8 Å². The fourth-order valence-corrected chi connectivity index (χ4v) is 4.33. The molecule has 206 valence electrons. The summed E-state index contributed by atoms with van der Waals surface area (Å²) in [5, 5.41) is 5.96. The first kappa shape index (κ1) is 28.9. The zero-order valence-corrected chi connectivity index (χ0v) is 23.7. The minimum absolute atomic E-state index is 0.0374. The number of carbonyl (C=O) groups excluding carboxylic acids is 2. The largest absolute Gasteiger partial charge is 0.491 e. The Kier molecular flexibility index (Phi) is 8.64. The molecule has 4 N–H and O–H groups in total. The van der Waals surface area contributed by atoms with E-state index in [1.165, 1.54) is 0 Å². The van der Waals surface area contributed by atoms with Gasteiger partial charge in [-0.3, -0.25) is 9.59 Å². The predicted molar refractivity (Wildman–Crippen MR) is 159 cm³/mol. The third-order valence-electron chi connectivity index (χ3n) is 6.47. The Morgan fingerprint density at radius 2 is 1.85 bits per heavy atom. The molecule has 0 aliphatic heterocycles. The summed E-state index contributed by atoms with van der Waals surface area (Å²) >= 11 is 0. The van der Waals surface area contributed by atoms with Crippen molar-refractivity contribution in [2.45, 2.75) is 58.7 Å². The van der Waals surface area contributed by atoms with Gasteiger partial charge in [-0.25, -0.2) is 4.98 Å². The van der Waals surface area contributed by atoms with E-state index in [9.17, 15) is 9.59 Å². The number of ether oxygens (including phenoxy) is 1. The van der Waals surface area contributed by atoms with E-state index in [1.807, 2.05) is 86.1 Å². The summed E-state index contributed by atoms with van der Waals surface area (Å²) in [6.07, 6.45) is 4.39. The van der Waals surface area contributed by atoms with Gasteiger partial charge in [0.25, 0.3) is 5.91 Å². The molecule has 0 aliphatic carbocycles. The van der Waals surface area contributed by atoms with E-state index in [0.717, 1.165) is 28.1 Å². The molecule has 40 heavy (non-hydrogen) atoms. The molecule has 9 heteroatoms. The van der Waals surface area contributed by atoms with Crippen molar-refractivity contribution in [2.24, 2.45) is 5.73 Å². The topological polar surface area (TPSA) is 111 Å². The van der Waals surface area contributed by atoms with E-state index in [1.54, 1.807) is 19.9 Å². The van der Waals surface area contributed by atoms with Gasteiger partial charge in [-0.05, 0) is 76.4 Å². The van der Waals surface area contributed by atoms with Gasteiger partial charge in [0, 0.05) is 30.1 Å². The van der Waals surface area contributed by atoms with Crippen LogP contribution >= 0.6 is 0 Å². The Hall–Kier alpha value is -4.11. The number of nitrogens with two attached hydrogens (primary N) is 1. The molecule has 8 nitrogen and oxygen atoms in total. The molecule has 2 radical (unpaired) electrons. The molecule has 0 spiro atoms. The van der Waals surface area contributed by atoms with Crippen LogP contribution < -0.4 is 26.6 Å².